The molecule has 0 amide bonds. The van der Waals surface area contributed by atoms with Crippen molar-refractivity contribution in [3.8, 4) is 0 Å². The molecule has 0 aromatic rings. The molecule has 0 aliphatic rings. The van der Waals surface area contributed by atoms with Crippen LogP contribution in [-0.4, -0.2) is 11.6 Å². The summed E-state index contributed by atoms with van der Waals surface area (Å²) >= 11 is 0. The van der Waals surface area contributed by atoms with Crippen LogP contribution in [0.25, 0.3) is 0 Å². The lowest BCUT2D eigenvalue weighted by atomic mass is 9.98. The van der Waals surface area contributed by atoms with Crippen LogP contribution < -0.4 is 0 Å². The fourth-order valence-corrected chi connectivity index (χ4v) is 0.793. The molecular formula is C9H16O2. The minimum atomic E-state index is -0.237. The van der Waals surface area contributed by atoms with Crippen LogP contribution in [0.2, 0.25) is 0 Å². The Morgan fingerprint density at radius 1 is 1.09 bits per heavy atom. The number of hydrogen-bond donors (Lipinski definition) is 0. The van der Waals surface area contributed by atoms with Crippen molar-refractivity contribution in [3.63, 3.8) is 0 Å². The Morgan fingerprint density at radius 2 is 1.55 bits per heavy atom. The fourth-order valence-electron chi connectivity index (χ4n) is 0.793. The molecule has 11 heavy (non-hydrogen) atoms. The lowest BCUT2D eigenvalue weighted by Gasteiger charge is -2.04. The first-order chi connectivity index (χ1) is 4.95. The number of ketones is 2. The third-order valence-corrected chi connectivity index (χ3v) is 1.39. The molecule has 0 atom stereocenters. The van der Waals surface area contributed by atoms with Crippen molar-refractivity contribution in [1.82, 2.24) is 0 Å². The van der Waals surface area contributed by atoms with Crippen LogP contribution in [0.5, 0.6) is 0 Å². The molecule has 0 spiro atoms. The predicted octanol–water partition coefficient (Wildman–Crippen LogP) is 1.83. The van der Waals surface area contributed by atoms with Crippen molar-refractivity contribution in [2.45, 2.75) is 34.1 Å². The maximum Gasteiger partial charge on any atom is 0.200 e. The summed E-state index contributed by atoms with van der Waals surface area (Å²) in [5, 5.41) is 0. The summed E-state index contributed by atoms with van der Waals surface area (Å²) in [7, 11) is 0. The Kier molecular flexibility index (Phi) is 4.01. The van der Waals surface area contributed by atoms with Crippen LogP contribution in [-0.2, 0) is 9.59 Å². The maximum atomic E-state index is 11.0. The van der Waals surface area contributed by atoms with Gasteiger partial charge in [0.15, 0.2) is 5.78 Å². The molecule has 0 heterocycles. The standard InChI is InChI=1S/C9H16O2/c1-6(2)5-8(10)9(11)7(3)4/h6-7H,5H2,1-4H3. The third kappa shape index (κ3) is 3.91. The van der Waals surface area contributed by atoms with Crippen molar-refractivity contribution in [1.29, 1.82) is 0 Å². The van der Waals surface area contributed by atoms with Crippen molar-refractivity contribution >= 4 is 11.6 Å². The highest BCUT2D eigenvalue weighted by atomic mass is 16.2. The first-order valence-electron chi connectivity index (χ1n) is 4.02. The fraction of sp³-hybridized carbons (Fsp3) is 0.778. The van der Waals surface area contributed by atoms with Crippen molar-refractivity contribution in [3.05, 3.63) is 0 Å². The normalized spacial score (nSPS) is 10.7. The zero-order chi connectivity index (χ0) is 9.02. The van der Waals surface area contributed by atoms with E-state index < -0.39 is 0 Å². The molecule has 64 valence electrons. The minimum absolute atomic E-state index is 0.152. The van der Waals surface area contributed by atoms with Gasteiger partial charge in [-0.15, -0.1) is 0 Å². The third-order valence-electron chi connectivity index (χ3n) is 1.39. The Labute approximate surface area is 68.0 Å². The van der Waals surface area contributed by atoms with Gasteiger partial charge in [-0.2, -0.15) is 0 Å². The molecule has 0 aromatic carbocycles. The van der Waals surface area contributed by atoms with Crippen LogP contribution in [0, 0.1) is 11.8 Å². The molecule has 0 saturated carbocycles. The van der Waals surface area contributed by atoms with E-state index in [1.54, 1.807) is 13.8 Å². The van der Waals surface area contributed by atoms with Gasteiger partial charge in [-0.25, -0.2) is 0 Å². The number of rotatable bonds is 4. The van der Waals surface area contributed by atoms with E-state index in [0.29, 0.717) is 6.42 Å². The van der Waals surface area contributed by atoms with Crippen LogP contribution >= 0.6 is 0 Å². The highest BCUT2D eigenvalue weighted by Crippen LogP contribution is 2.04. The molecule has 0 bridgehead atoms. The van der Waals surface area contributed by atoms with Gasteiger partial charge in [-0.1, -0.05) is 27.7 Å². The second-order valence-electron chi connectivity index (χ2n) is 3.54. The topological polar surface area (TPSA) is 34.1 Å². The van der Waals surface area contributed by atoms with E-state index in [9.17, 15) is 9.59 Å². The summed E-state index contributed by atoms with van der Waals surface area (Å²) in [5.41, 5.74) is 0. The molecular weight excluding hydrogens is 140 g/mol. The lowest BCUT2D eigenvalue weighted by Crippen LogP contribution is -2.20. The molecule has 0 fully saturated rings. The summed E-state index contributed by atoms with van der Waals surface area (Å²) in [4.78, 5) is 22.1. The quantitative estimate of drug-likeness (QED) is 0.582. The Morgan fingerprint density at radius 3 is 1.82 bits per heavy atom. The van der Waals surface area contributed by atoms with Crippen molar-refractivity contribution < 1.29 is 9.59 Å². The van der Waals surface area contributed by atoms with Crippen LogP contribution in [0.3, 0.4) is 0 Å². The van der Waals surface area contributed by atoms with E-state index in [2.05, 4.69) is 0 Å². The van der Waals surface area contributed by atoms with Gasteiger partial charge in [-0.3, -0.25) is 9.59 Å². The smallest absolute Gasteiger partial charge is 0.200 e. The summed E-state index contributed by atoms with van der Waals surface area (Å²) < 4.78 is 0. The van der Waals surface area contributed by atoms with Crippen LogP contribution in [0.1, 0.15) is 34.1 Å². The highest BCUT2D eigenvalue weighted by Gasteiger charge is 2.17. The maximum absolute atomic E-state index is 11.0. The monoisotopic (exact) mass is 156 g/mol. The molecule has 0 aliphatic heterocycles. The van der Waals surface area contributed by atoms with Gasteiger partial charge in [0.1, 0.15) is 0 Å². The molecule has 2 nitrogen and oxygen atoms in total. The molecule has 2 heteroatoms. The first-order valence-corrected chi connectivity index (χ1v) is 4.02. The zero-order valence-electron chi connectivity index (χ0n) is 7.68. The second kappa shape index (κ2) is 4.27. The lowest BCUT2D eigenvalue weighted by molar-refractivity contribution is -0.138. The van der Waals surface area contributed by atoms with E-state index in [4.69, 9.17) is 0 Å². The van der Waals surface area contributed by atoms with Crippen LogP contribution in [0.4, 0.5) is 0 Å². The average molecular weight is 156 g/mol. The SMILES string of the molecule is CC(C)CC(=O)C(=O)C(C)C. The van der Waals surface area contributed by atoms with Gasteiger partial charge < -0.3 is 0 Å². The van der Waals surface area contributed by atoms with E-state index >= 15 is 0 Å². The van der Waals surface area contributed by atoms with Gasteiger partial charge in [0.2, 0.25) is 5.78 Å². The van der Waals surface area contributed by atoms with Crippen molar-refractivity contribution in [2.24, 2.45) is 11.8 Å². The number of carbonyl (C=O) groups is 2. The Balaban J connectivity index is 3.94. The summed E-state index contributed by atoms with van der Waals surface area (Å²) in [5.74, 6) is -0.333. The molecule has 0 aliphatic carbocycles. The summed E-state index contributed by atoms with van der Waals surface area (Å²) in [6, 6.07) is 0. The van der Waals surface area contributed by atoms with Gasteiger partial charge in [0, 0.05) is 12.3 Å². The van der Waals surface area contributed by atoms with E-state index in [0.717, 1.165) is 0 Å². The zero-order valence-corrected chi connectivity index (χ0v) is 7.68. The van der Waals surface area contributed by atoms with Gasteiger partial charge in [0.05, 0.1) is 0 Å². The second-order valence-corrected chi connectivity index (χ2v) is 3.54. The summed E-state index contributed by atoms with van der Waals surface area (Å²) in [6.07, 6.45) is 0.386. The minimum Gasteiger partial charge on any atom is -0.291 e. The average Bonchev–Trinajstić information content (AvgIpc) is 1.84. The van der Waals surface area contributed by atoms with Gasteiger partial charge in [0.25, 0.3) is 0 Å². The molecule has 0 unspecified atom stereocenters. The molecule has 0 saturated heterocycles. The van der Waals surface area contributed by atoms with E-state index in [1.165, 1.54) is 0 Å². The molecule has 0 aromatic heterocycles. The molecule has 0 N–H and O–H groups in total. The largest absolute Gasteiger partial charge is 0.291 e. The predicted molar refractivity (Wildman–Crippen MR) is 44.3 cm³/mol. The molecule has 0 rings (SSSR count). The molecule has 0 radical (unpaired) electrons. The Bertz CT molecular complexity index is 157. The van der Waals surface area contributed by atoms with Crippen molar-refractivity contribution in [2.75, 3.05) is 0 Å². The highest BCUT2D eigenvalue weighted by molar-refractivity contribution is 6.37. The van der Waals surface area contributed by atoms with Gasteiger partial charge >= 0.3 is 0 Å². The first kappa shape index (κ1) is 10.3. The van der Waals surface area contributed by atoms with Gasteiger partial charge in [-0.05, 0) is 5.92 Å². The number of hydrogen-bond acceptors (Lipinski definition) is 2. The number of carbonyl (C=O) groups excluding carboxylic acids is 2. The van der Waals surface area contributed by atoms with Crippen LogP contribution in [0.15, 0.2) is 0 Å². The Hall–Kier alpha value is -0.660. The van der Waals surface area contributed by atoms with E-state index in [-0.39, 0.29) is 23.4 Å². The number of Topliss-reactive ketones (excluding diaryl/α,β-unsaturated/α-hetero) is 2. The summed E-state index contributed by atoms with van der Waals surface area (Å²) in [6.45, 7) is 7.37. The van der Waals surface area contributed by atoms with E-state index in [1.807, 2.05) is 13.8 Å².